The molecule has 2 heterocycles. The van der Waals surface area contributed by atoms with E-state index >= 15 is 0 Å². The first-order valence-electron chi connectivity index (χ1n) is 6.80. The molecule has 0 saturated heterocycles. The van der Waals surface area contributed by atoms with E-state index in [4.69, 9.17) is 10.8 Å². The van der Waals surface area contributed by atoms with Gasteiger partial charge in [-0.3, -0.25) is 4.79 Å². The molecule has 0 fully saturated rings. The number of thiophene rings is 1. The van der Waals surface area contributed by atoms with Crippen molar-refractivity contribution in [3.8, 4) is 0 Å². The number of fused-ring (bicyclic) bond motifs is 1. The van der Waals surface area contributed by atoms with E-state index in [0.29, 0.717) is 35.8 Å². The minimum Gasteiger partial charge on any atom is -0.465 e. The van der Waals surface area contributed by atoms with Crippen LogP contribution >= 0.6 is 11.3 Å². The Morgan fingerprint density at radius 3 is 2.82 bits per heavy atom. The number of carbonyl (C=O) groups is 2. The highest BCUT2D eigenvalue weighted by atomic mass is 32.1. The van der Waals surface area contributed by atoms with E-state index in [1.165, 1.54) is 16.2 Å². The number of amides is 2. The average Bonchev–Trinajstić information content (AvgIpc) is 2.92. The molecule has 0 atom stereocenters. The second-order valence-corrected chi connectivity index (χ2v) is 6.19. The van der Waals surface area contributed by atoms with Crippen molar-refractivity contribution in [1.29, 1.82) is 0 Å². The summed E-state index contributed by atoms with van der Waals surface area (Å²) >= 11 is 1.41. The quantitative estimate of drug-likeness (QED) is 0.742. The first-order chi connectivity index (χ1) is 10.5. The van der Waals surface area contributed by atoms with E-state index in [1.807, 2.05) is 0 Å². The number of anilines is 2. The van der Waals surface area contributed by atoms with Gasteiger partial charge in [-0.2, -0.15) is 0 Å². The maximum atomic E-state index is 12.3. The molecule has 0 aliphatic carbocycles. The monoisotopic (exact) mass is 317 g/mol. The third kappa shape index (κ3) is 2.75. The zero-order valence-electron chi connectivity index (χ0n) is 11.7. The van der Waals surface area contributed by atoms with Crippen molar-refractivity contribution >= 4 is 34.7 Å². The lowest BCUT2D eigenvalue weighted by Crippen LogP contribution is -2.33. The molecular formula is C15H15N3O3S. The lowest BCUT2D eigenvalue weighted by atomic mass is 10.1. The maximum Gasteiger partial charge on any atom is 0.407 e. The number of benzene rings is 1. The molecule has 6 nitrogen and oxygen atoms in total. The molecule has 114 valence electrons. The highest BCUT2D eigenvalue weighted by molar-refractivity contribution is 7.14. The van der Waals surface area contributed by atoms with Crippen molar-refractivity contribution in [3.63, 3.8) is 0 Å². The number of nitrogen functional groups attached to an aromatic ring is 1. The minimum atomic E-state index is -0.931. The zero-order chi connectivity index (χ0) is 15.7. The van der Waals surface area contributed by atoms with Crippen LogP contribution in [0.5, 0.6) is 0 Å². The predicted molar refractivity (Wildman–Crippen MR) is 85.3 cm³/mol. The fourth-order valence-corrected chi connectivity index (χ4v) is 3.46. The predicted octanol–water partition coefficient (Wildman–Crippen LogP) is 2.62. The van der Waals surface area contributed by atoms with Crippen LogP contribution < -0.4 is 11.1 Å². The molecule has 0 unspecified atom stereocenters. The van der Waals surface area contributed by atoms with Gasteiger partial charge in [-0.05, 0) is 30.2 Å². The Labute approximate surface area is 131 Å². The largest absolute Gasteiger partial charge is 0.465 e. The van der Waals surface area contributed by atoms with Crippen LogP contribution in [-0.4, -0.2) is 28.6 Å². The Hall–Kier alpha value is -2.54. The molecule has 0 saturated carbocycles. The Balaban J connectivity index is 1.78. The van der Waals surface area contributed by atoms with Gasteiger partial charge in [0.05, 0.1) is 22.8 Å². The van der Waals surface area contributed by atoms with Gasteiger partial charge >= 0.3 is 6.09 Å². The second kappa shape index (κ2) is 5.69. The van der Waals surface area contributed by atoms with Crippen molar-refractivity contribution in [2.75, 3.05) is 17.6 Å². The molecule has 0 bridgehead atoms. The number of carboxylic acid groups (broad SMARTS) is 1. The lowest BCUT2D eigenvalue weighted by molar-refractivity contribution is 0.103. The third-order valence-corrected chi connectivity index (χ3v) is 4.81. The molecule has 1 aromatic heterocycles. The van der Waals surface area contributed by atoms with Gasteiger partial charge in [-0.1, -0.05) is 12.1 Å². The van der Waals surface area contributed by atoms with Gasteiger partial charge in [0.2, 0.25) is 0 Å². The van der Waals surface area contributed by atoms with Crippen LogP contribution in [-0.2, 0) is 13.0 Å². The van der Waals surface area contributed by atoms with E-state index in [-0.39, 0.29) is 5.91 Å². The molecule has 1 aromatic carbocycles. The highest BCUT2D eigenvalue weighted by Crippen LogP contribution is 2.29. The SMILES string of the molecule is Nc1ccccc1NC(=O)c1cc2c(s1)CCN(C(=O)O)C2. The summed E-state index contributed by atoms with van der Waals surface area (Å²) in [6.07, 6.45) is -0.285. The van der Waals surface area contributed by atoms with E-state index in [0.717, 1.165) is 10.4 Å². The Morgan fingerprint density at radius 1 is 1.32 bits per heavy atom. The van der Waals surface area contributed by atoms with Crippen LogP contribution in [0.15, 0.2) is 30.3 Å². The number of para-hydroxylation sites is 2. The second-order valence-electron chi connectivity index (χ2n) is 5.05. The van der Waals surface area contributed by atoms with Crippen LogP contribution in [0.4, 0.5) is 16.2 Å². The van der Waals surface area contributed by atoms with Crippen molar-refractivity contribution in [2.45, 2.75) is 13.0 Å². The van der Waals surface area contributed by atoms with Crippen LogP contribution in [0.2, 0.25) is 0 Å². The number of rotatable bonds is 2. The molecule has 0 radical (unpaired) electrons. The molecule has 2 amide bonds. The van der Waals surface area contributed by atoms with Gasteiger partial charge in [-0.15, -0.1) is 11.3 Å². The number of nitrogens with zero attached hydrogens (tertiary/aromatic N) is 1. The molecule has 2 aromatic rings. The van der Waals surface area contributed by atoms with Crippen LogP contribution in [0.3, 0.4) is 0 Å². The molecule has 0 spiro atoms. The summed E-state index contributed by atoms with van der Waals surface area (Å²) < 4.78 is 0. The molecule has 3 rings (SSSR count). The van der Waals surface area contributed by atoms with E-state index in [1.54, 1.807) is 30.3 Å². The van der Waals surface area contributed by atoms with Gasteiger partial charge in [0.1, 0.15) is 0 Å². The summed E-state index contributed by atoms with van der Waals surface area (Å²) in [6, 6.07) is 8.84. The van der Waals surface area contributed by atoms with E-state index < -0.39 is 6.09 Å². The molecule has 4 N–H and O–H groups in total. The summed E-state index contributed by atoms with van der Waals surface area (Å²) in [5.41, 5.74) is 7.80. The zero-order valence-corrected chi connectivity index (χ0v) is 12.5. The molecule has 1 aliphatic rings. The smallest absolute Gasteiger partial charge is 0.407 e. The molecule has 22 heavy (non-hydrogen) atoms. The molecular weight excluding hydrogens is 302 g/mol. The summed E-state index contributed by atoms with van der Waals surface area (Å²) in [4.78, 5) is 26.3. The standard InChI is InChI=1S/C15H15N3O3S/c16-10-3-1-2-4-11(10)17-14(19)13-7-9-8-18(15(20)21)6-5-12(9)22-13/h1-4,7H,5-6,8,16H2,(H,17,19)(H,20,21). The Bertz CT molecular complexity index is 741. The van der Waals surface area contributed by atoms with Gasteiger partial charge in [-0.25, -0.2) is 4.79 Å². The maximum absolute atomic E-state index is 12.3. The lowest BCUT2D eigenvalue weighted by Gasteiger charge is -2.23. The van der Waals surface area contributed by atoms with Gasteiger partial charge in [0.15, 0.2) is 0 Å². The first-order valence-corrected chi connectivity index (χ1v) is 7.61. The van der Waals surface area contributed by atoms with E-state index in [2.05, 4.69) is 5.32 Å². The van der Waals surface area contributed by atoms with Crippen molar-refractivity contribution in [3.05, 3.63) is 45.6 Å². The summed E-state index contributed by atoms with van der Waals surface area (Å²) in [7, 11) is 0. The minimum absolute atomic E-state index is 0.223. The van der Waals surface area contributed by atoms with Gasteiger partial charge in [0, 0.05) is 11.4 Å². The highest BCUT2D eigenvalue weighted by Gasteiger charge is 2.24. The summed E-state index contributed by atoms with van der Waals surface area (Å²) in [5.74, 6) is -0.223. The Morgan fingerprint density at radius 2 is 2.09 bits per heavy atom. The van der Waals surface area contributed by atoms with Crippen molar-refractivity contribution in [2.24, 2.45) is 0 Å². The topological polar surface area (TPSA) is 95.7 Å². The van der Waals surface area contributed by atoms with Crippen LogP contribution in [0.1, 0.15) is 20.1 Å². The van der Waals surface area contributed by atoms with Crippen molar-refractivity contribution in [1.82, 2.24) is 4.90 Å². The van der Waals surface area contributed by atoms with Gasteiger partial charge < -0.3 is 21.1 Å². The molecule has 1 aliphatic heterocycles. The third-order valence-electron chi connectivity index (χ3n) is 3.57. The first kappa shape index (κ1) is 14.4. The van der Waals surface area contributed by atoms with E-state index in [9.17, 15) is 9.59 Å². The van der Waals surface area contributed by atoms with Crippen LogP contribution in [0.25, 0.3) is 0 Å². The van der Waals surface area contributed by atoms with Gasteiger partial charge in [0.25, 0.3) is 5.91 Å². The summed E-state index contributed by atoms with van der Waals surface area (Å²) in [6.45, 7) is 0.803. The Kier molecular flexibility index (Phi) is 3.72. The molecule has 7 heteroatoms. The number of nitrogens with two attached hydrogens (primary N) is 1. The average molecular weight is 317 g/mol. The van der Waals surface area contributed by atoms with Crippen molar-refractivity contribution < 1.29 is 14.7 Å². The van der Waals surface area contributed by atoms with Crippen LogP contribution in [0, 0.1) is 0 Å². The fraction of sp³-hybridized carbons (Fsp3) is 0.200. The number of hydrogen-bond donors (Lipinski definition) is 3. The number of hydrogen-bond acceptors (Lipinski definition) is 4. The normalized spacial score (nSPS) is 13.5. The summed E-state index contributed by atoms with van der Waals surface area (Å²) in [5, 5.41) is 11.8. The number of carbonyl (C=O) groups excluding carboxylic acids is 1. The fourth-order valence-electron chi connectivity index (χ4n) is 2.40. The number of nitrogens with one attached hydrogen (secondary N) is 1.